The van der Waals surface area contributed by atoms with Crippen LogP contribution in [0.1, 0.15) is 12.0 Å². The summed E-state index contributed by atoms with van der Waals surface area (Å²) in [5.74, 6) is -1.13. The molecule has 0 aliphatic heterocycles. The van der Waals surface area contributed by atoms with Crippen LogP contribution >= 0.6 is 0 Å². The number of carbonyl (C=O) groups is 1. The molecule has 0 unspecified atom stereocenters. The van der Waals surface area contributed by atoms with Gasteiger partial charge in [-0.3, -0.25) is 4.79 Å². The molecule has 1 rings (SSSR count). The molecule has 3 nitrogen and oxygen atoms in total. The number of aryl methyl sites for hydroxylation is 1. The second-order valence-corrected chi connectivity index (χ2v) is 3.59. The first-order valence-electron chi connectivity index (χ1n) is 5.66. The Hall–Kier alpha value is -2.00. The number of nitrogens with two attached hydrogens (primary N) is 1. The van der Waals surface area contributed by atoms with Crippen molar-refractivity contribution in [3.8, 4) is 12.8 Å². The maximum absolute atomic E-state index is 12.4. The van der Waals surface area contributed by atoms with E-state index in [0.29, 0.717) is 6.42 Å². The lowest BCUT2D eigenvalue weighted by Gasteiger charge is -1.96. The molecule has 0 aliphatic rings. The van der Waals surface area contributed by atoms with Gasteiger partial charge in [-0.25, -0.2) is 13.2 Å². The predicted molar refractivity (Wildman–Crippen MR) is 72.2 cm³/mol. The Morgan fingerprint density at radius 2 is 1.65 bits per heavy atom. The van der Waals surface area contributed by atoms with Crippen LogP contribution < -0.4 is 5.73 Å². The van der Waals surface area contributed by atoms with Gasteiger partial charge in [0.1, 0.15) is 19.2 Å². The Morgan fingerprint density at radius 1 is 1.20 bits per heavy atom. The van der Waals surface area contributed by atoms with Gasteiger partial charge in [0.05, 0.1) is 6.04 Å². The quantitative estimate of drug-likeness (QED) is 0.818. The van der Waals surface area contributed by atoms with E-state index in [2.05, 4.69) is 12.8 Å². The van der Waals surface area contributed by atoms with E-state index in [-0.39, 0.29) is 12.2 Å². The summed E-state index contributed by atoms with van der Waals surface area (Å²) in [6.45, 7) is -1.53. The van der Waals surface area contributed by atoms with Crippen LogP contribution in [0.25, 0.3) is 0 Å². The monoisotopic (exact) mass is 289 g/mol. The number of halogens is 3. The van der Waals surface area contributed by atoms with E-state index < -0.39 is 25.4 Å². The number of aliphatic carboxylic acids is 1. The maximum Gasteiger partial charge on any atom is 0.303 e. The highest BCUT2D eigenvalue weighted by atomic mass is 19.1. The number of carboxylic acid groups (broad SMARTS) is 1. The molecule has 1 aromatic rings. The number of carboxylic acids is 1. The Balaban J connectivity index is 0. The highest BCUT2D eigenvalue weighted by molar-refractivity contribution is 5.67. The summed E-state index contributed by atoms with van der Waals surface area (Å²) in [5, 5.41) is 8.36. The first-order valence-corrected chi connectivity index (χ1v) is 5.66. The molecule has 1 aromatic carbocycles. The Bertz CT molecular complexity index is 376. The van der Waals surface area contributed by atoms with E-state index >= 15 is 0 Å². The third kappa shape index (κ3) is 12.5. The molecule has 112 valence electrons. The van der Waals surface area contributed by atoms with Crippen molar-refractivity contribution >= 4 is 5.97 Å². The molecule has 0 saturated heterocycles. The molecular weight excluding hydrogens is 271 g/mol. The van der Waals surface area contributed by atoms with Crippen molar-refractivity contribution in [3.05, 3.63) is 35.6 Å². The second kappa shape index (κ2) is 13.4. The predicted octanol–water partition coefficient (Wildman–Crippen LogP) is 2.35. The summed E-state index contributed by atoms with van der Waals surface area (Å²) >= 11 is 0. The smallest absolute Gasteiger partial charge is 0.303 e. The lowest BCUT2D eigenvalue weighted by molar-refractivity contribution is -0.136. The van der Waals surface area contributed by atoms with E-state index in [1.165, 1.54) is 12.1 Å². The summed E-state index contributed by atoms with van der Waals surface area (Å²) in [4.78, 5) is 10.2. The van der Waals surface area contributed by atoms with E-state index in [4.69, 9.17) is 10.8 Å². The van der Waals surface area contributed by atoms with E-state index in [0.717, 1.165) is 5.56 Å². The van der Waals surface area contributed by atoms with Gasteiger partial charge in [-0.15, -0.1) is 12.8 Å². The summed E-state index contributed by atoms with van der Waals surface area (Å²) in [6.07, 6.45) is 8.54. The Kier molecular flexibility index (Phi) is 13.6. The van der Waals surface area contributed by atoms with Gasteiger partial charge in [0.15, 0.2) is 0 Å². The van der Waals surface area contributed by atoms with Crippen molar-refractivity contribution in [1.29, 1.82) is 0 Å². The fraction of sp³-hybridized carbons (Fsp3) is 0.357. The minimum Gasteiger partial charge on any atom is -0.481 e. The molecule has 0 spiro atoms. The van der Waals surface area contributed by atoms with Crippen molar-refractivity contribution in [2.75, 3.05) is 13.3 Å². The third-order valence-electron chi connectivity index (χ3n) is 1.94. The van der Waals surface area contributed by atoms with Crippen LogP contribution in [0.2, 0.25) is 0 Å². The van der Waals surface area contributed by atoms with Crippen molar-refractivity contribution in [1.82, 2.24) is 0 Å². The largest absolute Gasteiger partial charge is 0.481 e. The molecular formula is C14H18F3NO2. The van der Waals surface area contributed by atoms with Gasteiger partial charge in [0, 0.05) is 6.42 Å². The SMILES string of the molecule is C#C.NC(CF)CF.O=C(O)CCc1ccc(F)cc1. The van der Waals surface area contributed by atoms with Crippen LogP contribution in [-0.2, 0) is 11.2 Å². The second-order valence-electron chi connectivity index (χ2n) is 3.59. The highest BCUT2D eigenvalue weighted by Gasteiger charge is 1.98. The molecule has 0 fully saturated rings. The van der Waals surface area contributed by atoms with Crippen LogP contribution in [0.4, 0.5) is 13.2 Å². The van der Waals surface area contributed by atoms with Gasteiger partial charge < -0.3 is 10.8 Å². The standard InChI is InChI=1S/C9H9FO2.C3H7F2N.C2H2/c10-8-4-1-7(2-5-8)3-6-9(11)12;4-1-3(6)2-5;1-2/h1-2,4-5H,3,6H2,(H,11,12);3H,1-2,6H2;1-2H. The molecule has 0 amide bonds. The van der Waals surface area contributed by atoms with Crippen LogP contribution in [0.3, 0.4) is 0 Å². The first kappa shape index (κ1) is 20.3. The van der Waals surface area contributed by atoms with Crippen molar-refractivity contribution in [2.45, 2.75) is 18.9 Å². The number of terminal acetylenes is 1. The van der Waals surface area contributed by atoms with Crippen LogP contribution in [0.15, 0.2) is 24.3 Å². The molecule has 0 bridgehead atoms. The average Bonchev–Trinajstić information content (AvgIpc) is 2.48. The number of alkyl halides is 2. The van der Waals surface area contributed by atoms with E-state index in [9.17, 15) is 18.0 Å². The zero-order valence-corrected chi connectivity index (χ0v) is 10.9. The van der Waals surface area contributed by atoms with Crippen LogP contribution in [-0.4, -0.2) is 30.5 Å². The van der Waals surface area contributed by atoms with Crippen molar-refractivity contribution < 1.29 is 23.1 Å². The highest BCUT2D eigenvalue weighted by Crippen LogP contribution is 2.04. The topological polar surface area (TPSA) is 63.3 Å². The minimum absolute atomic E-state index is 0.0889. The van der Waals surface area contributed by atoms with Gasteiger partial charge in [-0.2, -0.15) is 0 Å². The van der Waals surface area contributed by atoms with E-state index in [1.54, 1.807) is 12.1 Å². The molecule has 0 heterocycles. The van der Waals surface area contributed by atoms with Crippen LogP contribution in [0, 0.1) is 18.7 Å². The fourth-order valence-electron chi connectivity index (χ4n) is 0.944. The summed E-state index contributed by atoms with van der Waals surface area (Å²) in [5.41, 5.74) is 5.57. The summed E-state index contributed by atoms with van der Waals surface area (Å²) < 4.78 is 34.4. The Labute approximate surface area is 116 Å². The fourth-order valence-corrected chi connectivity index (χ4v) is 0.944. The zero-order valence-electron chi connectivity index (χ0n) is 10.9. The number of hydrogen-bond acceptors (Lipinski definition) is 2. The Morgan fingerprint density at radius 3 is 1.95 bits per heavy atom. The summed E-state index contributed by atoms with van der Waals surface area (Å²) in [6, 6.07) is 4.95. The van der Waals surface area contributed by atoms with Gasteiger partial charge in [-0.1, -0.05) is 12.1 Å². The molecule has 0 aliphatic carbocycles. The van der Waals surface area contributed by atoms with Gasteiger partial charge >= 0.3 is 5.97 Å². The number of benzene rings is 1. The zero-order chi connectivity index (χ0) is 16.0. The molecule has 0 saturated carbocycles. The average molecular weight is 289 g/mol. The third-order valence-corrected chi connectivity index (χ3v) is 1.94. The minimum atomic E-state index is -0.898. The molecule has 6 heteroatoms. The first-order chi connectivity index (χ1) is 9.49. The van der Waals surface area contributed by atoms with Crippen molar-refractivity contribution in [2.24, 2.45) is 5.73 Å². The molecule has 3 N–H and O–H groups in total. The number of rotatable bonds is 5. The molecule has 0 radical (unpaired) electrons. The van der Waals surface area contributed by atoms with Crippen molar-refractivity contribution in [3.63, 3.8) is 0 Å². The number of hydrogen-bond donors (Lipinski definition) is 2. The molecule has 0 aromatic heterocycles. The van der Waals surface area contributed by atoms with Gasteiger partial charge in [0.2, 0.25) is 0 Å². The van der Waals surface area contributed by atoms with Gasteiger partial charge in [0.25, 0.3) is 0 Å². The molecule has 0 atom stereocenters. The maximum atomic E-state index is 12.4. The molecule has 20 heavy (non-hydrogen) atoms. The lowest BCUT2D eigenvalue weighted by Crippen LogP contribution is -2.23. The van der Waals surface area contributed by atoms with Crippen LogP contribution in [0.5, 0.6) is 0 Å². The summed E-state index contributed by atoms with van der Waals surface area (Å²) in [7, 11) is 0. The lowest BCUT2D eigenvalue weighted by atomic mass is 10.1. The van der Waals surface area contributed by atoms with E-state index in [1.807, 2.05) is 0 Å². The van der Waals surface area contributed by atoms with Gasteiger partial charge in [-0.05, 0) is 24.1 Å². The normalized spacial score (nSPS) is 8.95.